The summed E-state index contributed by atoms with van der Waals surface area (Å²) in [5.74, 6) is 1.16. The fraction of sp³-hybridized carbons (Fsp3) is 0.500. The number of carbonyl (C=O) groups is 1. The Labute approximate surface area is 125 Å². The lowest BCUT2D eigenvalue weighted by Crippen LogP contribution is -2.45. The van der Waals surface area contributed by atoms with E-state index in [4.69, 9.17) is 5.73 Å². The SMILES string of the molecule is CC(C)[C@@H](N)C(=O)NC1CCSc2ccccc21.Cl. The monoisotopic (exact) mass is 300 g/mol. The number of carbonyl (C=O) groups excluding carboxylic acids is 1. The first-order valence-corrected chi connectivity index (χ1v) is 7.36. The molecule has 0 saturated heterocycles. The molecule has 3 N–H and O–H groups in total. The van der Waals surface area contributed by atoms with Crippen LogP contribution < -0.4 is 11.1 Å². The highest BCUT2D eigenvalue weighted by Crippen LogP contribution is 2.35. The summed E-state index contributed by atoms with van der Waals surface area (Å²) < 4.78 is 0. The van der Waals surface area contributed by atoms with Crippen LogP contribution in [-0.2, 0) is 4.79 Å². The van der Waals surface area contributed by atoms with Gasteiger partial charge in [-0.1, -0.05) is 32.0 Å². The Morgan fingerprint density at radius 2 is 2.11 bits per heavy atom. The molecule has 0 aliphatic carbocycles. The minimum absolute atomic E-state index is 0. The number of amides is 1. The van der Waals surface area contributed by atoms with Crippen LogP contribution in [0.2, 0.25) is 0 Å². The Kier molecular flexibility index (Phi) is 6.17. The number of rotatable bonds is 3. The van der Waals surface area contributed by atoms with Crippen LogP contribution in [0.4, 0.5) is 0 Å². The van der Waals surface area contributed by atoms with Crippen molar-refractivity contribution in [2.45, 2.75) is 37.2 Å². The van der Waals surface area contributed by atoms with Crippen molar-refractivity contribution in [3.8, 4) is 0 Å². The highest BCUT2D eigenvalue weighted by atomic mass is 35.5. The number of nitrogens with two attached hydrogens (primary N) is 1. The Hall–Kier alpha value is -0.710. The molecule has 1 aliphatic heterocycles. The fourth-order valence-electron chi connectivity index (χ4n) is 2.06. The molecule has 2 rings (SSSR count). The quantitative estimate of drug-likeness (QED) is 0.902. The molecule has 1 unspecified atom stereocenters. The highest BCUT2D eigenvalue weighted by molar-refractivity contribution is 7.99. The van der Waals surface area contributed by atoms with Crippen molar-refractivity contribution in [1.29, 1.82) is 0 Å². The minimum Gasteiger partial charge on any atom is -0.348 e. The summed E-state index contributed by atoms with van der Waals surface area (Å²) in [5, 5.41) is 3.08. The molecule has 3 nitrogen and oxygen atoms in total. The fourth-order valence-corrected chi connectivity index (χ4v) is 3.19. The first kappa shape index (κ1) is 16.3. The van der Waals surface area contributed by atoms with Crippen LogP contribution >= 0.6 is 24.2 Å². The minimum atomic E-state index is -0.424. The van der Waals surface area contributed by atoms with Gasteiger partial charge in [-0.15, -0.1) is 24.2 Å². The van der Waals surface area contributed by atoms with Crippen molar-refractivity contribution < 1.29 is 4.79 Å². The summed E-state index contributed by atoms with van der Waals surface area (Å²) in [6.45, 7) is 3.93. The third-order valence-corrected chi connectivity index (χ3v) is 4.42. The zero-order chi connectivity index (χ0) is 13.1. The van der Waals surface area contributed by atoms with Gasteiger partial charge < -0.3 is 11.1 Å². The van der Waals surface area contributed by atoms with Crippen LogP contribution in [0.5, 0.6) is 0 Å². The van der Waals surface area contributed by atoms with E-state index in [0.29, 0.717) is 0 Å². The van der Waals surface area contributed by atoms with E-state index >= 15 is 0 Å². The Morgan fingerprint density at radius 3 is 2.79 bits per heavy atom. The Balaban J connectivity index is 0.00000180. The molecular weight excluding hydrogens is 280 g/mol. The number of benzene rings is 1. The second-order valence-corrected chi connectivity index (χ2v) is 6.14. The zero-order valence-electron chi connectivity index (χ0n) is 11.3. The number of hydrogen-bond acceptors (Lipinski definition) is 3. The predicted molar refractivity (Wildman–Crippen MR) is 82.7 cm³/mol. The summed E-state index contributed by atoms with van der Waals surface area (Å²) in [7, 11) is 0. The summed E-state index contributed by atoms with van der Waals surface area (Å²) >= 11 is 1.85. The lowest BCUT2D eigenvalue weighted by atomic mass is 10.0. The van der Waals surface area contributed by atoms with Crippen molar-refractivity contribution in [1.82, 2.24) is 5.32 Å². The summed E-state index contributed by atoms with van der Waals surface area (Å²) in [4.78, 5) is 13.3. The molecule has 5 heteroatoms. The molecule has 1 heterocycles. The van der Waals surface area contributed by atoms with Gasteiger partial charge >= 0.3 is 0 Å². The van der Waals surface area contributed by atoms with Crippen molar-refractivity contribution >= 4 is 30.1 Å². The average Bonchev–Trinajstić information content (AvgIpc) is 2.38. The van der Waals surface area contributed by atoms with Gasteiger partial charge in [0.25, 0.3) is 0 Å². The zero-order valence-corrected chi connectivity index (χ0v) is 12.9. The van der Waals surface area contributed by atoms with E-state index in [9.17, 15) is 4.79 Å². The van der Waals surface area contributed by atoms with E-state index < -0.39 is 6.04 Å². The molecule has 0 fully saturated rings. The van der Waals surface area contributed by atoms with E-state index in [-0.39, 0.29) is 30.3 Å². The van der Waals surface area contributed by atoms with Crippen LogP contribution in [0.25, 0.3) is 0 Å². The molecule has 0 radical (unpaired) electrons. The van der Waals surface area contributed by atoms with E-state index in [1.807, 2.05) is 37.7 Å². The maximum absolute atomic E-state index is 12.0. The van der Waals surface area contributed by atoms with Gasteiger partial charge in [0, 0.05) is 10.6 Å². The molecule has 0 aromatic heterocycles. The maximum atomic E-state index is 12.0. The molecule has 1 aliphatic rings. The van der Waals surface area contributed by atoms with E-state index in [1.165, 1.54) is 10.5 Å². The molecule has 0 saturated carbocycles. The first-order valence-electron chi connectivity index (χ1n) is 6.37. The summed E-state index contributed by atoms with van der Waals surface area (Å²) in [6, 6.07) is 7.95. The van der Waals surface area contributed by atoms with Gasteiger partial charge in [-0.25, -0.2) is 0 Å². The van der Waals surface area contributed by atoms with E-state index in [0.717, 1.165) is 12.2 Å². The first-order chi connectivity index (χ1) is 8.59. The number of nitrogens with one attached hydrogen (secondary N) is 1. The van der Waals surface area contributed by atoms with Gasteiger partial charge in [0.05, 0.1) is 12.1 Å². The lowest BCUT2D eigenvalue weighted by molar-refractivity contribution is -0.124. The second kappa shape index (κ2) is 7.17. The summed E-state index contributed by atoms with van der Waals surface area (Å²) in [5.41, 5.74) is 7.10. The molecule has 106 valence electrons. The predicted octanol–water partition coefficient (Wildman–Crippen LogP) is 2.74. The van der Waals surface area contributed by atoms with Crippen LogP contribution in [0.3, 0.4) is 0 Å². The third kappa shape index (κ3) is 3.88. The number of fused-ring (bicyclic) bond motifs is 1. The molecular formula is C14H21ClN2OS. The van der Waals surface area contributed by atoms with Crippen molar-refractivity contribution in [3.63, 3.8) is 0 Å². The van der Waals surface area contributed by atoms with Crippen molar-refractivity contribution in [3.05, 3.63) is 29.8 Å². The molecule has 1 aromatic rings. The molecule has 1 amide bonds. The standard InChI is InChI=1S/C14H20N2OS.ClH/c1-9(2)13(15)14(17)16-11-7-8-18-12-6-4-3-5-10(11)12;/h3-6,9,11,13H,7-8,15H2,1-2H3,(H,16,17);1H/t11?,13-;/m1./s1. The molecule has 0 spiro atoms. The molecule has 1 aromatic carbocycles. The lowest BCUT2D eigenvalue weighted by Gasteiger charge is -2.27. The van der Waals surface area contributed by atoms with Gasteiger partial charge in [0.15, 0.2) is 0 Å². The number of halogens is 1. The maximum Gasteiger partial charge on any atom is 0.237 e. The average molecular weight is 301 g/mol. The van der Waals surface area contributed by atoms with E-state index in [1.54, 1.807) is 0 Å². The summed E-state index contributed by atoms with van der Waals surface area (Å²) in [6.07, 6.45) is 0.970. The Morgan fingerprint density at radius 1 is 1.42 bits per heavy atom. The molecule has 19 heavy (non-hydrogen) atoms. The molecule has 0 bridgehead atoms. The van der Waals surface area contributed by atoms with Crippen molar-refractivity contribution in [2.24, 2.45) is 11.7 Å². The number of thioether (sulfide) groups is 1. The largest absolute Gasteiger partial charge is 0.348 e. The van der Waals surface area contributed by atoms with Crippen LogP contribution in [0.15, 0.2) is 29.2 Å². The topological polar surface area (TPSA) is 55.1 Å². The smallest absolute Gasteiger partial charge is 0.237 e. The van der Waals surface area contributed by atoms with Gasteiger partial charge in [-0.2, -0.15) is 0 Å². The van der Waals surface area contributed by atoms with E-state index in [2.05, 4.69) is 17.4 Å². The second-order valence-electron chi connectivity index (χ2n) is 5.01. The van der Waals surface area contributed by atoms with Crippen LogP contribution in [0, 0.1) is 5.92 Å². The van der Waals surface area contributed by atoms with Gasteiger partial charge in [-0.3, -0.25) is 4.79 Å². The number of hydrogen-bond donors (Lipinski definition) is 2. The highest BCUT2D eigenvalue weighted by Gasteiger charge is 2.25. The molecule has 2 atom stereocenters. The van der Waals surface area contributed by atoms with Crippen LogP contribution in [0.1, 0.15) is 31.9 Å². The van der Waals surface area contributed by atoms with Crippen molar-refractivity contribution in [2.75, 3.05) is 5.75 Å². The van der Waals surface area contributed by atoms with Crippen LogP contribution in [-0.4, -0.2) is 17.7 Å². The van der Waals surface area contributed by atoms with Gasteiger partial charge in [-0.05, 0) is 24.0 Å². The Bertz CT molecular complexity index is 439. The van der Waals surface area contributed by atoms with Gasteiger partial charge in [0.2, 0.25) is 5.91 Å². The van der Waals surface area contributed by atoms with Gasteiger partial charge in [0.1, 0.15) is 0 Å². The normalized spacial score (nSPS) is 19.3. The third-order valence-electron chi connectivity index (χ3n) is 3.30.